The van der Waals surface area contributed by atoms with Crippen LogP contribution in [0.15, 0.2) is 30.5 Å². The van der Waals surface area contributed by atoms with Crippen LogP contribution in [-0.2, 0) is 0 Å². The van der Waals surface area contributed by atoms with Gasteiger partial charge >= 0.3 is 0 Å². The van der Waals surface area contributed by atoms with Gasteiger partial charge in [0, 0.05) is 13.2 Å². The monoisotopic (exact) mass is 293 g/mol. The lowest BCUT2D eigenvalue weighted by Gasteiger charge is -2.11. The van der Waals surface area contributed by atoms with Crippen molar-refractivity contribution in [3.05, 3.63) is 52.4 Å². The Morgan fingerprint density at radius 1 is 1.35 bits per heavy atom. The normalized spacial score (nSPS) is 10.2. The third-order valence-corrected chi connectivity index (χ3v) is 3.15. The molecule has 2 aromatic rings. The fraction of sp³-hybridized carbons (Fsp3) is 0.143. The maximum absolute atomic E-state index is 14.0. The summed E-state index contributed by atoms with van der Waals surface area (Å²) in [5, 5.41) is 5.61. The number of halogens is 2. The van der Waals surface area contributed by atoms with Crippen LogP contribution >= 0.6 is 11.6 Å². The SMILES string of the molecule is CNc1nccc(C(=O)Nc2c(C)cccc2Cl)c1F. The molecule has 20 heavy (non-hydrogen) atoms. The van der Waals surface area contributed by atoms with Crippen molar-refractivity contribution >= 4 is 29.0 Å². The van der Waals surface area contributed by atoms with E-state index >= 15 is 0 Å². The molecule has 0 spiro atoms. The number of para-hydroxylation sites is 1. The van der Waals surface area contributed by atoms with E-state index in [9.17, 15) is 9.18 Å². The first-order chi connectivity index (χ1) is 9.54. The highest BCUT2D eigenvalue weighted by molar-refractivity contribution is 6.34. The van der Waals surface area contributed by atoms with Gasteiger partial charge in [-0.3, -0.25) is 4.79 Å². The average Bonchev–Trinajstić information content (AvgIpc) is 2.43. The predicted octanol–water partition coefficient (Wildman–Crippen LogP) is 3.48. The quantitative estimate of drug-likeness (QED) is 0.911. The molecule has 0 fully saturated rings. The van der Waals surface area contributed by atoms with Crippen LogP contribution in [0.4, 0.5) is 15.9 Å². The Labute approximate surface area is 121 Å². The van der Waals surface area contributed by atoms with Crippen molar-refractivity contribution in [2.45, 2.75) is 6.92 Å². The Bertz CT molecular complexity index is 641. The van der Waals surface area contributed by atoms with Gasteiger partial charge in [0.15, 0.2) is 11.6 Å². The maximum atomic E-state index is 14.0. The van der Waals surface area contributed by atoms with E-state index in [-0.39, 0.29) is 11.4 Å². The molecule has 104 valence electrons. The second kappa shape index (κ2) is 5.88. The summed E-state index contributed by atoms with van der Waals surface area (Å²) < 4.78 is 14.0. The van der Waals surface area contributed by atoms with Gasteiger partial charge in [-0.2, -0.15) is 0 Å². The standard InChI is InChI=1S/C14H13ClFN3O/c1-8-4-3-5-10(15)12(8)19-14(20)9-6-7-18-13(17-2)11(9)16/h3-7H,1-2H3,(H,17,18)(H,19,20). The van der Waals surface area contributed by atoms with Gasteiger partial charge in [-0.15, -0.1) is 0 Å². The summed E-state index contributed by atoms with van der Waals surface area (Å²) >= 11 is 6.03. The van der Waals surface area contributed by atoms with Crippen molar-refractivity contribution in [1.29, 1.82) is 0 Å². The van der Waals surface area contributed by atoms with Crippen LogP contribution in [0.1, 0.15) is 15.9 Å². The number of hydrogen-bond acceptors (Lipinski definition) is 3. The molecule has 0 aliphatic carbocycles. The molecule has 0 radical (unpaired) electrons. The zero-order chi connectivity index (χ0) is 14.7. The van der Waals surface area contributed by atoms with E-state index < -0.39 is 11.7 Å². The summed E-state index contributed by atoms with van der Waals surface area (Å²) in [6.45, 7) is 1.81. The number of rotatable bonds is 3. The van der Waals surface area contributed by atoms with E-state index in [0.29, 0.717) is 10.7 Å². The van der Waals surface area contributed by atoms with Crippen molar-refractivity contribution in [3.63, 3.8) is 0 Å². The highest BCUT2D eigenvalue weighted by Gasteiger charge is 2.17. The number of nitrogens with zero attached hydrogens (tertiary/aromatic N) is 1. The van der Waals surface area contributed by atoms with Crippen LogP contribution in [-0.4, -0.2) is 17.9 Å². The van der Waals surface area contributed by atoms with Crippen molar-refractivity contribution in [1.82, 2.24) is 4.98 Å². The van der Waals surface area contributed by atoms with Crippen molar-refractivity contribution < 1.29 is 9.18 Å². The molecule has 1 aromatic heterocycles. The van der Waals surface area contributed by atoms with Crippen molar-refractivity contribution in [2.75, 3.05) is 17.7 Å². The first-order valence-electron chi connectivity index (χ1n) is 5.93. The van der Waals surface area contributed by atoms with E-state index in [1.54, 1.807) is 12.1 Å². The molecule has 0 saturated carbocycles. The molecule has 1 aromatic carbocycles. The number of pyridine rings is 1. The van der Waals surface area contributed by atoms with Crippen LogP contribution in [0, 0.1) is 12.7 Å². The second-order valence-electron chi connectivity index (χ2n) is 4.16. The minimum absolute atomic E-state index is 0.0218. The number of hydrogen-bond donors (Lipinski definition) is 2. The zero-order valence-corrected chi connectivity index (χ0v) is 11.8. The first-order valence-corrected chi connectivity index (χ1v) is 6.31. The van der Waals surface area contributed by atoms with Crippen molar-refractivity contribution in [3.8, 4) is 0 Å². The molecule has 6 heteroatoms. The highest BCUT2D eigenvalue weighted by Crippen LogP contribution is 2.26. The van der Waals surface area contributed by atoms with Gasteiger partial charge in [0.05, 0.1) is 16.3 Å². The summed E-state index contributed by atoms with van der Waals surface area (Å²) in [7, 11) is 1.53. The molecular weight excluding hydrogens is 281 g/mol. The number of aryl methyl sites for hydroxylation is 1. The Balaban J connectivity index is 2.34. The summed E-state index contributed by atoms with van der Waals surface area (Å²) in [6, 6.07) is 6.56. The minimum atomic E-state index is -0.697. The number of nitrogens with one attached hydrogen (secondary N) is 2. The fourth-order valence-corrected chi connectivity index (χ4v) is 2.03. The molecule has 0 unspecified atom stereocenters. The second-order valence-corrected chi connectivity index (χ2v) is 4.56. The molecule has 0 aliphatic heterocycles. The summed E-state index contributed by atoms with van der Waals surface area (Å²) in [5.74, 6) is -1.25. The molecule has 4 nitrogen and oxygen atoms in total. The van der Waals surface area contributed by atoms with E-state index in [4.69, 9.17) is 11.6 Å². The number of aromatic nitrogens is 1. The number of benzene rings is 1. The average molecular weight is 294 g/mol. The number of anilines is 2. The third-order valence-electron chi connectivity index (χ3n) is 2.83. The predicted molar refractivity (Wildman–Crippen MR) is 77.9 cm³/mol. The van der Waals surface area contributed by atoms with Gasteiger partial charge in [0.1, 0.15) is 0 Å². The summed E-state index contributed by atoms with van der Waals surface area (Å²) in [6.07, 6.45) is 1.36. The van der Waals surface area contributed by atoms with Gasteiger partial charge in [0.2, 0.25) is 0 Å². The molecule has 0 atom stereocenters. The van der Waals surface area contributed by atoms with Crippen LogP contribution in [0.3, 0.4) is 0 Å². The molecule has 0 saturated heterocycles. The van der Waals surface area contributed by atoms with Crippen molar-refractivity contribution in [2.24, 2.45) is 0 Å². The molecule has 0 aliphatic rings. The molecule has 2 N–H and O–H groups in total. The molecule has 1 amide bonds. The van der Waals surface area contributed by atoms with Gasteiger partial charge < -0.3 is 10.6 Å². The van der Waals surface area contributed by atoms with Gasteiger partial charge in [-0.25, -0.2) is 9.37 Å². The largest absolute Gasteiger partial charge is 0.371 e. The van der Waals surface area contributed by atoms with E-state index in [1.807, 2.05) is 13.0 Å². The van der Waals surface area contributed by atoms with Crippen LogP contribution < -0.4 is 10.6 Å². The smallest absolute Gasteiger partial charge is 0.258 e. The molecule has 2 rings (SSSR count). The molecule has 0 bridgehead atoms. The fourth-order valence-electron chi connectivity index (χ4n) is 1.76. The lowest BCUT2D eigenvalue weighted by atomic mass is 10.1. The molecular formula is C14H13ClFN3O. The Hall–Kier alpha value is -2.14. The van der Waals surface area contributed by atoms with Crippen LogP contribution in [0.25, 0.3) is 0 Å². The zero-order valence-electron chi connectivity index (χ0n) is 11.0. The minimum Gasteiger partial charge on any atom is -0.371 e. The third kappa shape index (κ3) is 2.72. The van der Waals surface area contributed by atoms with Crippen LogP contribution in [0.2, 0.25) is 5.02 Å². The van der Waals surface area contributed by atoms with Gasteiger partial charge in [-0.1, -0.05) is 23.7 Å². The number of carbonyl (C=O) groups is 1. The Kier molecular flexibility index (Phi) is 4.20. The van der Waals surface area contributed by atoms with E-state index in [2.05, 4.69) is 15.6 Å². The number of amides is 1. The molecule has 1 heterocycles. The van der Waals surface area contributed by atoms with Gasteiger partial charge in [-0.05, 0) is 24.6 Å². The Morgan fingerprint density at radius 3 is 2.75 bits per heavy atom. The first kappa shape index (κ1) is 14.3. The Morgan fingerprint density at radius 2 is 2.10 bits per heavy atom. The van der Waals surface area contributed by atoms with Crippen LogP contribution in [0.5, 0.6) is 0 Å². The van der Waals surface area contributed by atoms with E-state index in [0.717, 1.165) is 5.56 Å². The lowest BCUT2D eigenvalue weighted by Crippen LogP contribution is -2.16. The van der Waals surface area contributed by atoms with Gasteiger partial charge in [0.25, 0.3) is 5.91 Å². The number of carbonyl (C=O) groups excluding carboxylic acids is 1. The summed E-state index contributed by atoms with van der Waals surface area (Å²) in [4.78, 5) is 15.9. The lowest BCUT2D eigenvalue weighted by molar-refractivity contribution is 0.102. The van der Waals surface area contributed by atoms with E-state index in [1.165, 1.54) is 19.3 Å². The topological polar surface area (TPSA) is 54.0 Å². The summed E-state index contributed by atoms with van der Waals surface area (Å²) in [5.41, 5.74) is 1.18. The highest BCUT2D eigenvalue weighted by atomic mass is 35.5. The maximum Gasteiger partial charge on any atom is 0.258 e.